The summed E-state index contributed by atoms with van der Waals surface area (Å²) in [6.45, 7) is 8.86. The zero-order chi connectivity index (χ0) is 12.2. The standard InChI is InChI=1S/C12H24N2O2/c1-4-12(3,13)11(15)14(5-2)8-10-6-7-16-9-10/h10H,4-9,13H2,1-3H3. The number of nitrogens with two attached hydrogens (primary N) is 1. The zero-order valence-electron chi connectivity index (χ0n) is 10.7. The largest absolute Gasteiger partial charge is 0.381 e. The summed E-state index contributed by atoms with van der Waals surface area (Å²) >= 11 is 0. The lowest BCUT2D eigenvalue weighted by molar-refractivity contribution is -0.137. The van der Waals surface area contributed by atoms with E-state index in [0.717, 1.165) is 32.7 Å². The van der Waals surface area contributed by atoms with Gasteiger partial charge in [-0.2, -0.15) is 0 Å². The number of hydrogen-bond donors (Lipinski definition) is 1. The molecule has 0 spiro atoms. The maximum Gasteiger partial charge on any atom is 0.242 e. The second kappa shape index (κ2) is 5.64. The van der Waals surface area contributed by atoms with Gasteiger partial charge in [-0.15, -0.1) is 0 Å². The molecule has 1 heterocycles. The highest BCUT2D eigenvalue weighted by Crippen LogP contribution is 2.17. The summed E-state index contributed by atoms with van der Waals surface area (Å²) in [5.74, 6) is 0.543. The molecule has 0 saturated carbocycles. The molecule has 0 bridgehead atoms. The highest BCUT2D eigenvalue weighted by molar-refractivity contribution is 5.85. The van der Waals surface area contributed by atoms with Crippen LogP contribution in [0.2, 0.25) is 0 Å². The van der Waals surface area contributed by atoms with E-state index in [1.807, 2.05) is 25.7 Å². The van der Waals surface area contributed by atoms with Gasteiger partial charge >= 0.3 is 0 Å². The first kappa shape index (κ1) is 13.5. The lowest BCUT2D eigenvalue weighted by Crippen LogP contribution is -2.53. The quantitative estimate of drug-likeness (QED) is 0.763. The Morgan fingerprint density at radius 3 is 2.69 bits per heavy atom. The lowest BCUT2D eigenvalue weighted by Gasteiger charge is -2.31. The number of hydrogen-bond acceptors (Lipinski definition) is 3. The smallest absolute Gasteiger partial charge is 0.242 e. The first-order chi connectivity index (χ1) is 7.51. The van der Waals surface area contributed by atoms with Crippen molar-refractivity contribution >= 4 is 5.91 Å². The van der Waals surface area contributed by atoms with Gasteiger partial charge < -0.3 is 15.4 Å². The minimum atomic E-state index is -0.727. The van der Waals surface area contributed by atoms with E-state index in [0.29, 0.717) is 12.3 Å². The molecular formula is C12H24N2O2. The van der Waals surface area contributed by atoms with Crippen LogP contribution in [-0.2, 0) is 9.53 Å². The van der Waals surface area contributed by atoms with Crippen LogP contribution in [0.15, 0.2) is 0 Å². The summed E-state index contributed by atoms with van der Waals surface area (Å²) in [7, 11) is 0. The third-order valence-electron chi connectivity index (χ3n) is 3.39. The summed E-state index contributed by atoms with van der Waals surface area (Å²) in [5, 5.41) is 0. The predicted octanol–water partition coefficient (Wildman–Crippen LogP) is 0.999. The fraction of sp³-hybridized carbons (Fsp3) is 0.917. The molecule has 0 radical (unpaired) electrons. The molecule has 0 aromatic heterocycles. The van der Waals surface area contributed by atoms with Gasteiger partial charge in [0.05, 0.1) is 12.1 Å². The van der Waals surface area contributed by atoms with Crippen LogP contribution in [0, 0.1) is 5.92 Å². The molecular weight excluding hydrogens is 204 g/mol. The highest BCUT2D eigenvalue weighted by atomic mass is 16.5. The van der Waals surface area contributed by atoms with Gasteiger partial charge in [-0.05, 0) is 26.7 Å². The van der Waals surface area contributed by atoms with Gasteiger partial charge in [0.15, 0.2) is 0 Å². The lowest BCUT2D eigenvalue weighted by atomic mass is 9.97. The summed E-state index contributed by atoms with van der Waals surface area (Å²) in [5.41, 5.74) is 5.26. The van der Waals surface area contributed by atoms with Gasteiger partial charge in [-0.3, -0.25) is 4.79 Å². The molecule has 4 heteroatoms. The van der Waals surface area contributed by atoms with Crippen molar-refractivity contribution in [3.63, 3.8) is 0 Å². The third-order valence-corrected chi connectivity index (χ3v) is 3.39. The van der Waals surface area contributed by atoms with Crippen molar-refractivity contribution in [2.24, 2.45) is 11.7 Å². The van der Waals surface area contributed by atoms with E-state index in [2.05, 4.69) is 0 Å². The average molecular weight is 228 g/mol. The van der Waals surface area contributed by atoms with E-state index in [1.165, 1.54) is 0 Å². The Balaban J connectivity index is 2.55. The molecule has 0 aromatic rings. The summed E-state index contributed by atoms with van der Waals surface area (Å²) in [6.07, 6.45) is 1.72. The van der Waals surface area contributed by atoms with Crippen LogP contribution in [-0.4, -0.2) is 42.6 Å². The Kier molecular flexibility index (Phi) is 4.74. The van der Waals surface area contributed by atoms with Crippen LogP contribution in [0.4, 0.5) is 0 Å². The summed E-state index contributed by atoms with van der Waals surface area (Å²) < 4.78 is 5.32. The molecule has 2 N–H and O–H groups in total. The first-order valence-electron chi connectivity index (χ1n) is 6.17. The van der Waals surface area contributed by atoms with Gasteiger partial charge in [0.2, 0.25) is 5.91 Å². The fourth-order valence-corrected chi connectivity index (χ4v) is 1.91. The van der Waals surface area contributed by atoms with Gasteiger partial charge in [-0.25, -0.2) is 0 Å². The molecule has 1 aliphatic heterocycles. The Hall–Kier alpha value is -0.610. The van der Waals surface area contributed by atoms with Crippen LogP contribution in [0.1, 0.15) is 33.6 Å². The molecule has 2 atom stereocenters. The SMILES string of the molecule is CCN(CC1CCOC1)C(=O)C(C)(N)CC. The van der Waals surface area contributed by atoms with Gasteiger partial charge in [0.1, 0.15) is 0 Å². The van der Waals surface area contributed by atoms with E-state index in [4.69, 9.17) is 10.5 Å². The van der Waals surface area contributed by atoms with Crippen molar-refractivity contribution < 1.29 is 9.53 Å². The van der Waals surface area contributed by atoms with Crippen LogP contribution in [0.3, 0.4) is 0 Å². The zero-order valence-corrected chi connectivity index (χ0v) is 10.7. The third kappa shape index (κ3) is 3.19. The summed E-state index contributed by atoms with van der Waals surface area (Å²) in [4.78, 5) is 14.0. The van der Waals surface area contributed by atoms with Crippen molar-refractivity contribution in [2.45, 2.75) is 39.2 Å². The van der Waals surface area contributed by atoms with E-state index in [1.54, 1.807) is 0 Å². The molecule has 0 aromatic carbocycles. The van der Waals surface area contributed by atoms with Gasteiger partial charge in [-0.1, -0.05) is 6.92 Å². The number of likely N-dealkylation sites (N-methyl/N-ethyl adjacent to an activating group) is 1. The summed E-state index contributed by atoms with van der Waals surface area (Å²) in [6, 6.07) is 0. The molecule has 1 aliphatic rings. The average Bonchev–Trinajstić information content (AvgIpc) is 2.77. The highest BCUT2D eigenvalue weighted by Gasteiger charge is 2.31. The number of rotatable bonds is 5. The number of carbonyl (C=O) groups is 1. The van der Waals surface area contributed by atoms with E-state index in [9.17, 15) is 4.79 Å². The fourth-order valence-electron chi connectivity index (χ4n) is 1.91. The second-order valence-electron chi connectivity index (χ2n) is 4.84. The molecule has 0 aliphatic carbocycles. The Morgan fingerprint density at radius 2 is 2.25 bits per heavy atom. The van der Waals surface area contributed by atoms with Crippen molar-refractivity contribution in [3.05, 3.63) is 0 Å². The van der Waals surface area contributed by atoms with Crippen molar-refractivity contribution in [2.75, 3.05) is 26.3 Å². The van der Waals surface area contributed by atoms with Crippen LogP contribution < -0.4 is 5.73 Å². The molecule has 1 fully saturated rings. The number of nitrogens with zero attached hydrogens (tertiary/aromatic N) is 1. The van der Waals surface area contributed by atoms with Gasteiger partial charge in [0, 0.05) is 25.6 Å². The maximum atomic E-state index is 12.2. The topological polar surface area (TPSA) is 55.6 Å². The normalized spacial score (nSPS) is 24.1. The Bertz CT molecular complexity index is 235. The molecule has 16 heavy (non-hydrogen) atoms. The van der Waals surface area contributed by atoms with Crippen LogP contribution in [0.25, 0.3) is 0 Å². The number of carbonyl (C=O) groups excluding carboxylic acids is 1. The van der Waals surface area contributed by atoms with Crippen LogP contribution >= 0.6 is 0 Å². The molecule has 1 rings (SSSR count). The minimum absolute atomic E-state index is 0.0596. The molecule has 94 valence electrons. The molecule has 4 nitrogen and oxygen atoms in total. The van der Waals surface area contributed by atoms with Crippen molar-refractivity contribution in [1.29, 1.82) is 0 Å². The first-order valence-corrected chi connectivity index (χ1v) is 6.17. The van der Waals surface area contributed by atoms with E-state index in [-0.39, 0.29) is 5.91 Å². The van der Waals surface area contributed by atoms with Crippen molar-refractivity contribution in [3.8, 4) is 0 Å². The van der Waals surface area contributed by atoms with Crippen LogP contribution in [0.5, 0.6) is 0 Å². The number of ether oxygens (including phenoxy) is 1. The maximum absolute atomic E-state index is 12.2. The monoisotopic (exact) mass is 228 g/mol. The van der Waals surface area contributed by atoms with E-state index >= 15 is 0 Å². The van der Waals surface area contributed by atoms with E-state index < -0.39 is 5.54 Å². The Morgan fingerprint density at radius 1 is 1.56 bits per heavy atom. The minimum Gasteiger partial charge on any atom is -0.381 e. The van der Waals surface area contributed by atoms with Crippen molar-refractivity contribution in [1.82, 2.24) is 4.90 Å². The molecule has 2 unspecified atom stereocenters. The van der Waals surface area contributed by atoms with Gasteiger partial charge in [0.25, 0.3) is 0 Å². The Labute approximate surface area is 98.1 Å². The number of amides is 1. The second-order valence-corrected chi connectivity index (χ2v) is 4.84. The molecule has 1 amide bonds. The molecule has 1 saturated heterocycles. The predicted molar refractivity (Wildman–Crippen MR) is 64.1 cm³/mol.